The molecule has 0 saturated carbocycles. The summed E-state index contributed by atoms with van der Waals surface area (Å²) < 4.78 is 5.36. The van der Waals surface area contributed by atoms with E-state index >= 15 is 0 Å². The van der Waals surface area contributed by atoms with Crippen molar-refractivity contribution in [2.24, 2.45) is 0 Å². The van der Waals surface area contributed by atoms with Crippen molar-refractivity contribution in [1.82, 2.24) is 19.8 Å². The molecule has 2 fully saturated rings. The fourth-order valence-electron chi connectivity index (χ4n) is 3.67. The molecule has 2 saturated heterocycles. The van der Waals surface area contributed by atoms with E-state index in [-0.39, 0.29) is 6.10 Å². The number of nitrogens with one attached hydrogen (secondary N) is 1. The van der Waals surface area contributed by atoms with Crippen molar-refractivity contribution in [2.75, 3.05) is 70.5 Å². The topological polar surface area (TPSA) is 67.9 Å². The monoisotopic (exact) mass is 345 g/mol. The van der Waals surface area contributed by atoms with E-state index in [4.69, 9.17) is 4.74 Å². The Balaban J connectivity index is 1.26. The summed E-state index contributed by atoms with van der Waals surface area (Å²) >= 11 is 0. The molecule has 1 aromatic heterocycles. The molecule has 0 bridgehead atoms. The molecule has 0 aliphatic carbocycles. The Kier molecular flexibility index (Phi) is 5.17. The van der Waals surface area contributed by atoms with E-state index in [1.165, 1.54) is 0 Å². The molecule has 1 atom stereocenters. The molecule has 0 radical (unpaired) electrons. The van der Waals surface area contributed by atoms with Crippen LogP contribution in [-0.4, -0.2) is 96.6 Å². The lowest BCUT2D eigenvalue weighted by molar-refractivity contribution is 0.00654. The van der Waals surface area contributed by atoms with Gasteiger partial charge < -0.3 is 19.7 Å². The Hall–Kier alpha value is -1.67. The number of ether oxygens (including phenoxy) is 1. The highest BCUT2D eigenvalue weighted by Crippen LogP contribution is 2.18. The number of aliphatic hydroxyl groups excluding tert-OH is 1. The van der Waals surface area contributed by atoms with Gasteiger partial charge in [0.05, 0.1) is 30.4 Å². The minimum atomic E-state index is -0.296. The number of aliphatic hydroxyl groups is 1. The number of benzene rings is 1. The predicted molar refractivity (Wildman–Crippen MR) is 98.0 cm³/mol. The first kappa shape index (κ1) is 16.8. The van der Waals surface area contributed by atoms with Crippen LogP contribution in [0.15, 0.2) is 24.3 Å². The number of para-hydroxylation sites is 2. The SMILES string of the molecule is OC(CN1CCOCC1)CN1CCN(c2nc3ccccc3[nH]2)CC1. The summed E-state index contributed by atoms with van der Waals surface area (Å²) in [5.41, 5.74) is 2.10. The lowest BCUT2D eigenvalue weighted by Crippen LogP contribution is -2.51. The van der Waals surface area contributed by atoms with Gasteiger partial charge in [0.25, 0.3) is 0 Å². The number of anilines is 1. The van der Waals surface area contributed by atoms with Crippen molar-refractivity contribution in [3.05, 3.63) is 24.3 Å². The van der Waals surface area contributed by atoms with Gasteiger partial charge in [-0.1, -0.05) is 12.1 Å². The number of hydrogen-bond donors (Lipinski definition) is 2. The molecule has 4 rings (SSSR count). The van der Waals surface area contributed by atoms with E-state index in [0.717, 1.165) is 82.6 Å². The Morgan fingerprint density at radius 1 is 1.00 bits per heavy atom. The molecule has 2 aromatic rings. The molecule has 7 heteroatoms. The van der Waals surface area contributed by atoms with Crippen LogP contribution in [0.2, 0.25) is 0 Å². The Morgan fingerprint density at radius 3 is 2.40 bits per heavy atom. The fraction of sp³-hybridized carbons (Fsp3) is 0.611. The highest BCUT2D eigenvalue weighted by atomic mass is 16.5. The van der Waals surface area contributed by atoms with Crippen molar-refractivity contribution in [2.45, 2.75) is 6.10 Å². The smallest absolute Gasteiger partial charge is 0.203 e. The van der Waals surface area contributed by atoms with Crippen LogP contribution in [0.25, 0.3) is 11.0 Å². The van der Waals surface area contributed by atoms with Crippen molar-refractivity contribution >= 4 is 17.0 Å². The van der Waals surface area contributed by atoms with Gasteiger partial charge in [-0.15, -0.1) is 0 Å². The summed E-state index contributed by atoms with van der Waals surface area (Å²) in [6.45, 7) is 8.68. The molecule has 0 spiro atoms. The van der Waals surface area contributed by atoms with Gasteiger partial charge in [-0.05, 0) is 12.1 Å². The zero-order chi connectivity index (χ0) is 17.1. The Morgan fingerprint density at radius 2 is 1.68 bits per heavy atom. The van der Waals surface area contributed by atoms with Gasteiger partial charge in [-0.3, -0.25) is 9.80 Å². The molecular weight excluding hydrogens is 318 g/mol. The largest absolute Gasteiger partial charge is 0.390 e. The molecule has 3 heterocycles. The summed E-state index contributed by atoms with van der Waals surface area (Å²) in [5, 5.41) is 10.4. The number of hydrogen-bond acceptors (Lipinski definition) is 6. The van der Waals surface area contributed by atoms with Gasteiger partial charge in [0, 0.05) is 52.4 Å². The number of H-pyrrole nitrogens is 1. The molecular formula is C18H27N5O2. The van der Waals surface area contributed by atoms with E-state index in [0.29, 0.717) is 0 Å². The second-order valence-corrected chi connectivity index (χ2v) is 6.93. The van der Waals surface area contributed by atoms with E-state index in [1.807, 2.05) is 18.2 Å². The van der Waals surface area contributed by atoms with Crippen LogP contribution in [-0.2, 0) is 4.74 Å². The second-order valence-electron chi connectivity index (χ2n) is 6.93. The highest BCUT2D eigenvalue weighted by Gasteiger charge is 2.22. The van der Waals surface area contributed by atoms with Crippen molar-refractivity contribution in [1.29, 1.82) is 0 Å². The number of β-amino-alcohol motifs (C(OH)–C–C–N with tert-alkyl or cyclic N) is 1. The average Bonchev–Trinajstić information content (AvgIpc) is 3.07. The molecule has 1 unspecified atom stereocenters. The lowest BCUT2D eigenvalue weighted by Gasteiger charge is -2.36. The van der Waals surface area contributed by atoms with Crippen LogP contribution in [0, 0.1) is 0 Å². The zero-order valence-corrected chi connectivity index (χ0v) is 14.6. The number of rotatable bonds is 5. The van der Waals surface area contributed by atoms with Gasteiger partial charge in [-0.25, -0.2) is 4.98 Å². The quantitative estimate of drug-likeness (QED) is 0.817. The third kappa shape index (κ3) is 4.12. The number of aromatic nitrogens is 2. The first-order valence-corrected chi connectivity index (χ1v) is 9.18. The normalized spacial score (nSPS) is 21.7. The third-order valence-electron chi connectivity index (χ3n) is 5.09. The van der Waals surface area contributed by atoms with Crippen molar-refractivity contribution in [3.63, 3.8) is 0 Å². The zero-order valence-electron chi connectivity index (χ0n) is 14.6. The van der Waals surface area contributed by atoms with E-state index in [1.54, 1.807) is 0 Å². The fourth-order valence-corrected chi connectivity index (χ4v) is 3.67. The Bertz CT molecular complexity index is 644. The molecule has 136 valence electrons. The first-order chi connectivity index (χ1) is 12.3. The van der Waals surface area contributed by atoms with Crippen LogP contribution in [0.3, 0.4) is 0 Å². The summed E-state index contributed by atoms with van der Waals surface area (Å²) in [6.07, 6.45) is -0.296. The molecule has 25 heavy (non-hydrogen) atoms. The van der Waals surface area contributed by atoms with E-state index < -0.39 is 0 Å². The van der Waals surface area contributed by atoms with Crippen molar-refractivity contribution in [3.8, 4) is 0 Å². The summed E-state index contributed by atoms with van der Waals surface area (Å²) in [7, 11) is 0. The van der Waals surface area contributed by atoms with Gasteiger partial charge in [0.2, 0.25) is 5.95 Å². The number of piperazine rings is 1. The minimum Gasteiger partial charge on any atom is -0.390 e. The van der Waals surface area contributed by atoms with Crippen molar-refractivity contribution < 1.29 is 9.84 Å². The number of fused-ring (bicyclic) bond motifs is 1. The van der Waals surface area contributed by atoms with Crippen LogP contribution >= 0.6 is 0 Å². The number of imidazole rings is 1. The third-order valence-corrected chi connectivity index (χ3v) is 5.09. The van der Waals surface area contributed by atoms with Gasteiger partial charge in [-0.2, -0.15) is 0 Å². The molecule has 2 N–H and O–H groups in total. The maximum absolute atomic E-state index is 10.4. The molecule has 7 nitrogen and oxygen atoms in total. The molecule has 2 aliphatic heterocycles. The maximum Gasteiger partial charge on any atom is 0.203 e. The molecule has 1 aromatic carbocycles. The average molecular weight is 345 g/mol. The van der Waals surface area contributed by atoms with E-state index in [2.05, 4.69) is 30.7 Å². The highest BCUT2D eigenvalue weighted by molar-refractivity contribution is 5.77. The predicted octanol–water partition coefficient (Wildman–Crippen LogP) is 0.378. The van der Waals surface area contributed by atoms with Crippen LogP contribution in [0.1, 0.15) is 0 Å². The molecule has 2 aliphatic rings. The van der Waals surface area contributed by atoms with Gasteiger partial charge in [0.15, 0.2) is 0 Å². The lowest BCUT2D eigenvalue weighted by atomic mass is 10.2. The minimum absolute atomic E-state index is 0.296. The first-order valence-electron chi connectivity index (χ1n) is 9.18. The van der Waals surface area contributed by atoms with Crippen LogP contribution in [0.5, 0.6) is 0 Å². The van der Waals surface area contributed by atoms with Gasteiger partial charge in [0.1, 0.15) is 0 Å². The summed E-state index contributed by atoms with van der Waals surface area (Å²) in [4.78, 5) is 15.0. The number of aromatic amines is 1. The van der Waals surface area contributed by atoms with Crippen LogP contribution < -0.4 is 4.90 Å². The standard InChI is InChI=1S/C18H27N5O2/c24-15(14-22-9-11-25-12-10-22)13-21-5-7-23(8-6-21)18-19-16-3-1-2-4-17(16)20-18/h1-4,15,24H,5-14H2,(H,19,20). The van der Waals surface area contributed by atoms with E-state index in [9.17, 15) is 5.11 Å². The Labute approximate surface area is 148 Å². The summed E-state index contributed by atoms with van der Waals surface area (Å²) in [5.74, 6) is 0.953. The number of nitrogens with zero attached hydrogens (tertiary/aromatic N) is 4. The number of morpholine rings is 1. The van der Waals surface area contributed by atoms with Crippen LogP contribution in [0.4, 0.5) is 5.95 Å². The van der Waals surface area contributed by atoms with Gasteiger partial charge >= 0.3 is 0 Å². The molecule has 0 amide bonds. The maximum atomic E-state index is 10.4. The summed E-state index contributed by atoms with van der Waals surface area (Å²) in [6, 6.07) is 8.14. The second kappa shape index (κ2) is 7.70.